The molecule has 9 nitrogen and oxygen atoms in total. The Morgan fingerprint density at radius 2 is 1.42 bits per heavy atom. The van der Waals surface area contributed by atoms with Crippen molar-refractivity contribution < 1.29 is 27.9 Å². The Morgan fingerprint density at radius 1 is 0.792 bits per heavy atom. The Bertz CT molecular complexity index is 2140. The average molecular weight is 660 g/mol. The number of rotatable bonds is 11. The lowest BCUT2D eigenvalue weighted by Crippen LogP contribution is -2.31. The van der Waals surface area contributed by atoms with Crippen LogP contribution in [0.1, 0.15) is 44.2 Å². The van der Waals surface area contributed by atoms with E-state index in [1.54, 1.807) is 48.5 Å². The number of sulfonamides is 1. The fourth-order valence-electron chi connectivity index (χ4n) is 5.93. The molecular weight excluding hydrogens is 627 g/mol. The lowest BCUT2D eigenvalue weighted by molar-refractivity contribution is 0.0981. The van der Waals surface area contributed by atoms with Crippen molar-refractivity contribution in [2.45, 2.75) is 18.2 Å². The summed E-state index contributed by atoms with van der Waals surface area (Å²) >= 11 is 0. The minimum atomic E-state index is -3.94. The Kier molecular flexibility index (Phi) is 9.26. The fourth-order valence-corrected chi connectivity index (χ4v) is 7.04. The predicted molar refractivity (Wildman–Crippen MR) is 186 cm³/mol. The number of fused-ring (bicyclic) bond motifs is 1. The third-order valence-corrected chi connectivity index (χ3v) is 9.26. The van der Waals surface area contributed by atoms with Crippen LogP contribution in [-0.2, 0) is 22.2 Å². The first-order valence-electron chi connectivity index (χ1n) is 15.2. The van der Waals surface area contributed by atoms with Crippen LogP contribution in [0.15, 0.2) is 134 Å². The number of ether oxygens (including phenoxy) is 1. The number of carbonyl (C=O) groups excluding carboxylic acids is 1. The van der Waals surface area contributed by atoms with E-state index >= 15 is 0 Å². The van der Waals surface area contributed by atoms with E-state index in [0.29, 0.717) is 23.4 Å². The number of amides is 2. The quantitative estimate of drug-likeness (QED) is 0.135. The van der Waals surface area contributed by atoms with Gasteiger partial charge < -0.3 is 14.4 Å². The molecule has 0 fully saturated rings. The summed E-state index contributed by atoms with van der Waals surface area (Å²) in [6.07, 6.45) is 1.28. The van der Waals surface area contributed by atoms with Crippen LogP contribution < -0.4 is 14.8 Å². The van der Waals surface area contributed by atoms with Gasteiger partial charge in [0.15, 0.2) is 0 Å². The smallest absolute Gasteiger partial charge is 0.409 e. The molecule has 6 rings (SSSR count). The second-order valence-electron chi connectivity index (χ2n) is 11.3. The molecule has 0 bridgehead atoms. The largest absolute Gasteiger partial charge is 0.496 e. The summed E-state index contributed by atoms with van der Waals surface area (Å²) in [5.41, 5.74) is 5.84. The molecule has 0 saturated carbocycles. The van der Waals surface area contributed by atoms with Crippen LogP contribution in [0.3, 0.4) is 0 Å². The molecule has 0 unspecified atom stereocenters. The van der Waals surface area contributed by atoms with Gasteiger partial charge in [-0.1, -0.05) is 97.1 Å². The van der Waals surface area contributed by atoms with Crippen molar-refractivity contribution in [2.24, 2.45) is 0 Å². The Morgan fingerprint density at radius 3 is 2.02 bits per heavy atom. The lowest BCUT2D eigenvalue weighted by atomic mass is 9.98. The number of methoxy groups -OCH3 is 1. The van der Waals surface area contributed by atoms with Crippen LogP contribution in [0.5, 0.6) is 5.75 Å². The summed E-state index contributed by atoms with van der Waals surface area (Å²) in [6.45, 7) is 0. The maximum absolute atomic E-state index is 13.0. The van der Waals surface area contributed by atoms with Crippen LogP contribution in [0.4, 0.5) is 10.5 Å². The van der Waals surface area contributed by atoms with Crippen molar-refractivity contribution in [2.75, 3.05) is 12.4 Å². The van der Waals surface area contributed by atoms with Gasteiger partial charge in [-0.05, 0) is 58.1 Å². The van der Waals surface area contributed by atoms with Gasteiger partial charge in [0.2, 0.25) is 10.0 Å². The van der Waals surface area contributed by atoms with Crippen LogP contribution in [0, 0.1) is 0 Å². The summed E-state index contributed by atoms with van der Waals surface area (Å²) in [4.78, 5) is 24.5. The summed E-state index contributed by atoms with van der Waals surface area (Å²) in [7, 11) is -2.45. The second kappa shape index (κ2) is 13.9. The van der Waals surface area contributed by atoms with Crippen molar-refractivity contribution in [3.8, 4) is 5.75 Å². The zero-order valence-electron chi connectivity index (χ0n) is 26.0. The highest BCUT2D eigenvalue weighted by atomic mass is 32.2. The number of carboxylic acid groups (broad SMARTS) is 1. The molecule has 0 spiro atoms. The zero-order chi connectivity index (χ0) is 33.7. The van der Waals surface area contributed by atoms with E-state index in [1.807, 2.05) is 48.5 Å². The van der Waals surface area contributed by atoms with Gasteiger partial charge in [0.1, 0.15) is 5.75 Å². The molecule has 48 heavy (non-hydrogen) atoms. The number of aromatic nitrogens is 1. The zero-order valence-corrected chi connectivity index (χ0v) is 26.9. The number of benzene rings is 5. The molecule has 1 heterocycles. The average Bonchev–Trinajstić information content (AvgIpc) is 3.42. The first-order chi connectivity index (χ1) is 23.2. The first kappa shape index (κ1) is 32.1. The predicted octanol–water partition coefficient (Wildman–Crippen LogP) is 7.23. The summed E-state index contributed by atoms with van der Waals surface area (Å²) in [6, 6.07) is 39.0. The van der Waals surface area contributed by atoms with E-state index < -0.39 is 22.0 Å². The van der Waals surface area contributed by atoms with Gasteiger partial charge in [0, 0.05) is 34.8 Å². The molecule has 0 aliphatic heterocycles. The lowest BCUT2D eigenvalue weighted by Gasteiger charge is -2.21. The van der Waals surface area contributed by atoms with E-state index in [1.165, 1.54) is 13.2 Å². The van der Waals surface area contributed by atoms with E-state index in [4.69, 9.17) is 4.74 Å². The number of anilines is 1. The van der Waals surface area contributed by atoms with E-state index in [-0.39, 0.29) is 17.4 Å². The number of hydrogen-bond donors (Lipinski definition) is 3. The molecule has 1 aromatic heterocycles. The van der Waals surface area contributed by atoms with E-state index in [2.05, 4.69) is 45.1 Å². The van der Waals surface area contributed by atoms with Gasteiger partial charge >= 0.3 is 6.09 Å². The summed E-state index contributed by atoms with van der Waals surface area (Å²) < 4.78 is 35.5. The second-order valence-corrected chi connectivity index (χ2v) is 13.0. The Hall–Kier alpha value is -5.87. The van der Waals surface area contributed by atoms with Gasteiger partial charge in [-0.15, -0.1) is 0 Å². The molecule has 5 aromatic carbocycles. The maximum Gasteiger partial charge on any atom is 0.409 e. The number of hydrogen-bond acceptors (Lipinski definition) is 5. The summed E-state index contributed by atoms with van der Waals surface area (Å²) in [5, 5.41) is 12.7. The highest BCUT2D eigenvalue weighted by molar-refractivity contribution is 7.89. The van der Waals surface area contributed by atoms with E-state index in [0.717, 1.165) is 33.2 Å². The highest BCUT2D eigenvalue weighted by Crippen LogP contribution is 2.36. The van der Waals surface area contributed by atoms with Crippen LogP contribution in [-0.4, -0.2) is 37.2 Å². The van der Waals surface area contributed by atoms with Gasteiger partial charge in [0.25, 0.3) is 5.91 Å². The van der Waals surface area contributed by atoms with Gasteiger partial charge in [-0.3, -0.25) is 10.1 Å². The van der Waals surface area contributed by atoms with Crippen molar-refractivity contribution >= 4 is 38.6 Å². The molecule has 2 amide bonds. The number of carbonyl (C=O) groups is 2. The molecule has 0 radical (unpaired) electrons. The van der Waals surface area contributed by atoms with Crippen molar-refractivity contribution in [3.63, 3.8) is 0 Å². The normalized spacial score (nSPS) is 11.4. The number of nitrogens with zero attached hydrogens (tertiary/aromatic N) is 1. The minimum absolute atomic E-state index is 0.135. The fraction of sp³-hybridized carbons (Fsp3) is 0.105. The van der Waals surface area contributed by atoms with Crippen LogP contribution in [0.2, 0.25) is 0 Å². The minimum Gasteiger partial charge on any atom is -0.496 e. The topological polar surface area (TPSA) is 127 Å². The third kappa shape index (κ3) is 7.24. The summed E-state index contributed by atoms with van der Waals surface area (Å²) in [5.74, 6) is -0.679. The number of nitrogens with one attached hydrogen (secondary N) is 2. The monoisotopic (exact) mass is 659 g/mol. The van der Waals surface area contributed by atoms with Crippen LogP contribution in [0.25, 0.3) is 10.9 Å². The van der Waals surface area contributed by atoms with Crippen LogP contribution >= 0.6 is 0 Å². The van der Waals surface area contributed by atoms with Gasteiger partial charge in [-0.2, -0.15) is 0 Å². The molecule has 10 heteroatoms. The van der Waals surface area contributed by atoms with Crippen molar-refractivity contribution in [3.05, 3.63) is 167 Å². The van der Waals surface area contributed by atoms with E-state index in [9.17, 15) is 23.1 Å². The molecule has 242 valence electrons. The SMILES string of the molecule is COc1cc(C(=O)NS(=O)(=O)Cc2ccccc2)ccc1Cc1cn(C(c2ccccc2)c2ccccc2)c2ccc(NC(=O)O)cc12. The standard InChI is InChI=1S/C38H33N3O6S/c1-47-35-22-30(37(42)40-48(45,46)25-26-11-5-2-6-12-26)18-17-29(35)21-31-24-41(34-20-19-32(23-33(31)34)39-38(43)44)36(27-13-7-3-8-14-27)28-15-9-4-10-16-28/h2-20,22-24,36,39H,21,25H2,1H3,(H,40,42)(H,43,44). The molecule has 0 saturated heterocycles. The van der Waals surface area contributed by atoms with Crippen molar-refractivity contribution in [1.29, 1.82) is 0 Å². The third-order valence-electron chi connectivity index (χ3n) is 8.05. The first-order valence-corrected chi connectivity index (χ1v) is 16.8. The Labute approximate surface area is 278 Å². The van der Waals surface area contributed by atoms with Gasteiger partial charge in [0.05, 0.1) is 18.9 Å². The molecule has 0 aliphatic rings. The maximum atomic E-state index is 13.0. The molecule has 0 aliphatic carbocycles. The van der Waals surface area contributed by atoms with Crippen molar-refractivity contribution in [1.82, 2.24) is 9.29 Å². The molecule has 3 N–H and O–H groups in total. The van der Waals surface area contributed by atoms with Gasteiger partial charge in [-0.25, -0.2) is 17.9 Å². The Balaban J connectivity index is 1.37. The molecule has 0 atom stereocenters. The highest BCUT2D eigenvalue weighted by Gasteiger charge is 2.22. The molecular formula is C38H33N3O6S. The molecule has 6 aromatic rings.